The van der Waals surface area contributed by atoms with Crippen molar-refractivity contribution in [2.45, 2.75) is 50.6 Å². The highest BCUT2D eigenvalue weighted by Gasteiger charge is 2.39. The first-order valence-electron chi connectivity index (χ1n) is 9.04. The number of halogens is 1. The number of carbonyl (C=O) groups excluding carboxylic acids is 1. The predicted molar refractivity (Wildman–Crippen MR) is 94.0 cm³/mol. The van der Waals surface area contributed by atoms with E-state index < -0.39 is 0 Å². The molecule has 3 rings (SSSR count). The molecule has 0 aromatic carbocycles. The molecule has 0 aromatic rings. The third-order valence-corrected chi connectivity index (χ3v) is 5.67. The van der Waals surface area contributed by atoms with Gasteiger partial charge < -0.3 is 15.0 Å². The summed E-state index contributed by atoms with van der Waals surface area (Å²) in [4.78, 5) is 17.4. The molecule has 2 heterocycles. The first-order valence-corrected chi connectivity index (χ1v) is 9.04. The van der Waals surface area contributed by atoms with Gasteiger partial charge in [0.15, 0.2) is 0 Å². The molecular formula is C17H32ClN3O2. The Morgan fingerprint density at radius 1 is 1.13 bits per heavy atom. The van der Waals surface area contributed by atoms with E-state index in [1.165, 1.54) is 25.7 Å². The predicted octanol–water partition coefficient (Wildman–Crippen LogP) is 1.51. The van der Waals surface area contributed by atoms with Gasteiger partial charge in [-0.25, -0.2) is 0 Å². The summed E-state index contributed by atoms with van der Waals surface area (Å²) in [6.07, 6.45) is 7.39. The molecule has 0 spiro atoms. The van der Waals surface area contributed by atoms with E-state index in [0.29, 0.717) is 11.9 Å². The van der Waals surface area contributed by atoms with E-state index in [0.717, 1.165) is 58.1 Å². The Labute approximate surface area is 146 Å². The standard InChI is InChI=1S/C17H31N3O2.ClH/c1-22-12-11-19-7-4-8-20(10-9-19)17(21)16-13-14-5-2-3-6-15(14)18-16;/h14-16,18H,2-13H2,1H3;1H. The van der Waals surface area contributed by atoms with Gasteiger partial charge in [0.2, 0.25) is 5.91 Å². The van der Waals surface area contributed by atoms with E-state index in [4.69, 9.17) is 4.74 Å². The molecule has 1 saturated carbocycles. The zero-order valence-corrected chi connectivity index (χ0v) is 15.2. The van der Waals surface area contributed by atoms with Crippen molar-refractivity contribution >= 4 is 18.3 Å². The van der Waals surface area contributed by atoms with Gasteiger partial charge in [0.05, 0.1) is 12.6 Å². The molecule has 0 radical (unpaired) electrons. The van der Waals surface area contributed by atoms with Gasteiger partial charge in [0.25, 0.3) is 0 Å². The minimum absolute atomic E-state index is 0. The molecule has 134 valence electrons. The molecule has 2 aliphatic heterocycles. The number of hydrogen-bond donors (Lipinski definition) is 1. The highest BCUT2D eigenvalue weighted by molar-refractivity contribution is 5.85. The second-order valence-corrected chi connectivity index (χ2v) is 7.12. The fraction of sp³-hybridized carbons (Fsp3) is 0.941. The lowest BCUT2D eigenvalue weighted by Gasteiger charge is -2.25. The molecule has 5 nitrogen and oxygen atoms in total. The average Bonchev–Trinajstić information content (AvgIpc) is 2.84. The van der Waals surface area contributed by atoms with Crippen molar-refractivity contribution in [3.8, 4) is 0 Å². The van der Waals surface area contributed by atoms with E-state index in [1.54, 1.807) is 7.11 Å². The van der Waals surface area contributed by atoms with Crippen LogP contribution in [0.25, 0.3) is 0 Å². The minimum atomic E-state index is 0. The van der Waals surface area contributed by atoms with Crippen molar-refractivity contribution in [2.75, 3.05) is 46.4 Å². The molecule has 1 N–H and O–H groups in total. The number of amides is 1. The summed E-state index contributed by atoms with van der Waals surface area (Å²) in [6, 6.07) is 0.687. The maximum atomic E-state index is 12.8. The lowest BCUT2D eigenvalue weighted by Crippen LogP contribution is -2.46. The molecule has 3 unspecified atom stereocenters. The maximum Gasteiger partial charge on any atom is 0.239 e. The van der Waals surface area contributed by atoms with E-state index in [1.807, 2.05) is 0 Å². The number of rotatable bonds is 4. The van der Waals surface area contributed by atoms with Crippen LogP contribution in [0.2, 0.25) is 0 Å². The first kappa shape index (κ1) is 19.0. The number of nitrogens with one attached hydrogen (secondary N) is 1. The van der Waals surface area contributed by atoms with Crippen molar-refractivity contribution in [3.05, 3.63) is 0 Å². The summed E-state index contributed by atoms with van der Waals surface area (Å²) >= 11 is 0. The van der Waals surface area contributed by atoms with Crippen molar-refractivity contribution in [3.63, 3.8) is 0 Å². The van der Waals surface area contributed by atoms with Gasteiger partial charge >= 0.3 is 0 Å². The van der Waals surface area contributed by atoms with Crippen molar-refractivity contribution in [2.24, 2.45) is 5.92 Å². The Morgan fingerprint density at radius 2 is 1.96 bits per heavy atom. The number of ether oxygens (including phenoxy) is 1. The molecule has 0 aromatic heterocycles. The summed E-state index contributed by atoms with van der Waals surface area (Å²) < 4.78 is 5.16. The van der Waals surface area contributed by atoms with E-state index >= 15 is 0 Å². The molecule has 1 aliphatic carbocycles. The lowest BCUT2D eigenvalue weighted by atomic mass is 9.85. The summed E-state index contributed by atoms with van der Waals surface area (Å²) in [6.45, 7) is 5.60. The summed E-state index contributed by atoms with van der Waals surface area (Å²) in [5.74, 6) is 1.09. The van der Waals surface area contributed by atoms with Crippen molar-refractivity contribution in [1.29, 1.82) is 0 Å². The summed E-state index contributed by atoms with van der Waals surface area (Å²) in [7, 11) is 1.75. The van der Waals surface area contributed by atoms with Crippen LogP contribution < -0.4 is 5.32 Å². The van der Waals surface area contributed by atoms with Crippen LogP contribution in [0.5, 0.6) is 0 Å². The van der Waals surface area contributed by atoms with Gasteiger partial charge in [0.1, 0.15) is 0 Å². The normalized spacial score (nSPS) is 32.0. The van der Waals surface area contributed by atoms with Gasteiger partial charge in [-0.2, -0.15) is 0 Å². The molecule has 6 heteroatoms. The van der Waals surface area contributed by atoms with E-state index in [-0.39, 0.29) is 18.4 Å². The number of methoxy groups -OCH3 is 1. The van der Waals surface area contributed by atoms with Crippen molar-refractivity contribution < 1.29 is 9.53 Å². The lowest BCUT2D eigenvalue weighted by molar-refractivity contribution is -0.133. The van der Waals surface area contributed by atoms with E-state index in [2.05, 4.69) is 15.1 Å². The van der Waals surface area contributed by atoms with Crippen LogP contribution in [-0.2, 0) is 9.53 Å². The fourth-order valence-electron chi connectivity index (χ4n) is 4.37. The fourth-order valence-corrected chi connectivity index (χ4v) is 4.37. The van der Waals surface area contributed by atoms with Crippen LogP contribution in [0.4, 0.5) is 0 Å². The van der Waals surface area contributed by atoms with Gasteiger partial charge in [-0.1, -0.05) is 12.8 Å². The van der Waals surface area contributed by atoms with Crippen LogP contribution in [-0.4, -0.2) is 74.2 Å². The monoisotopic (exact) mass is 345 g/mol. The molecular weight excluding hydrogens is 314 g/mol. The second-order valence-electron chi connectivity index (χ2n) is 7.12. The van der Waals surface area contributed by atoms with Crippen LogP contribution in [0, 0.1) is 5.92 Å². The highest BCUT2D eigenvalue weighted by atomic mass is 35.5. The number of carbonyl (C=O) groups is 1. The van der Waals surface area contributed by atoms with Gasteiger partial charge in [-0.15, -0.1) is 12.4 Å². The first-order chi connectivity index (χ1) is 10.8. The van der Waals surface area contributed by atoms with E-state index in [9.17, 15) is 4.79 Å². The zero-order chi connectivity index (χ0) is 15.4. The van der Waals surface area contributed by atoms with Crippen LogP contribution in [0.1, 0.15) is 38.5 Å². The van der Waals surface area contributed by atoms with Gasteiger partial charge in [-0.05, 0) is 38.1 Å². The SMILES string of the molecule is COCCN1CCCN(C(=O)C2CC3CCCCC3N2)CC1.Cl. The largest absolute Gasteiger partial charge is 0.383 e. The molecule has 1 amide bonds. The topological polar surface area (TPSA) is 44.8 Å². The Morgan fingerprint density at radius 3 is 2.74 bits per heavy atom. The average molecular weight is 346 g/mol. The minimum Gasteiger partial charge on any atom is -0.383 e. The molecule has 2 saturated heterocycles. The molecule has 23 heavy (non-hydrogen) atoms. The van der Waals surface area contributed by atoms with Crippen LogP contribution in [0.3, 0.4) is 0 Å². The Hall–Kier alpha value is -0.360. The third-order valence-electron chi connectivity index (χ3n) is 5.67. The van der Waals surface area contributed by atoms with Gasteiger partial charge in [0, 0.05) is 39.3 Å². The molecule has 3 aliphatic rings. The van der Waals surface area contributed by atoms with Crippen LogP contribution in [0.15, 0.2) is 0 Å². The maximum absolute atomic E-state index is 12.8. The third kappa shape index (κ3) is 4.81. The highest BCUT2D eigenvalue weighted by Crippen LogP contribution is 2.33. The quantitative estimate of drug-likeness (QED) is 0.839. The Bertz CT molecular complexity index is 369. The number of hydrogen-bond acceptors (Lipinski definition) is 4. The number of nitrogens with zero attached hydrogens (tertiary/aromatic N) is 2. The Kier molecular flexibility index (Phi) is 7.60. The Balaban J connectivity index is 0.00000192. The molecule has 0 bridgehead atoms. The van der Waals surface area contributed by atoms with Crippen molar-refractivity contribution in [1.82, 2.24) is 15.1 Å². The second kappa shape index (κ2) is 9.21. The molecule has 3 atom stereocenters. The van der Waals surface area contributed by atoms with Gasteiger partial charge in [-0.3, -0.25) is 9.69 Å². The number of fused-ring (bicyclic) bond motifs is 1. The summed E-state index contributed by atoms with van der Waals surface area (Å²) in [5.41, 5.74) is 0. The summed E-state index contributed by atoms with van der Waals surface area (Å²) in [5, 5.41) is 3.63. The zero-order valence-electron chi connectivity index (χ0n) is 14.3. The molecule has 3 fully saturated rings. The van der Waals surface area contributed by atoms with Crippen LogP contribution >= 0.6 is 12.4 Å². The smallest absolute Gasteiger partial charge is 0.239 e.